The third kappa shape index (κ3) is 4.99. The van der Waals surface area contributed by atoms with Crippen LogP contribution in [0.5, 0.6) is 0 Å². The largest absolute Gasteiger partial charge is 0.353 e. The Morgan fingerprint density at radius 2 is 1.54 bits per heavy atom. The van der Waals surface area contributed by atoms with Gasteiger partial charge in [-0.2, -0.15) is 0 Å². The van der Waals surface area contributed by atoms with E-state index >= 15 is 0 Å². The van der Waals surface area contributed by atoms with Crippen LogP contribution in [-0.4, -0.2) is 23.1 Å². The third-order valence-corrected chi connectivity index (χ3v) is 4.86. The summed E-state index contributed by atoms with van der Waals surface area (Å²) in [5.41, 5.74) is 0.705. The molecule has 0 amide bonds. The Balaban J connectivity index is 2.54. The molecule has 0 aromatic heterocycles. The topological polar surface area (TPSA) is 118 Å². The second-order valence-corrected chi connectivity index (χ2v) is 9.03. The van der Waals surface area contributed by atoms with Crippen LogP contribution in [0.15, 0.2) is 41.3 Å². The zero-order chi connectivity index (χ0) is 18.1. The molecule has 0 spiro atoms. The lowest BCUT2D eigenvalue weighted by molar-refractivity contribution is 0.597. The number of nitrogens with two attached hydrogens (primary N) is 1. The van der Waals surface area contributed by atoms with E-state index in [1.807, 2.05) is 0 Å². The van der Waals surface area contributed by atoms with E-state index in [-0.39, 0.29) is 21.3 Å². The second-order valence-electron chi connectivity index (χ2n) is 4.88. The smallest absolute Gasteiger partial charge is 0.238 e. The van der Waals surface area contributed by atoms with Gasteiger partial charge in [0.15, 0.2) is 0 Å². The molecule has 0 aliphatic rings. The van der Waals surface area contributed by atoms with Crippen LogP contribution in [0, 0.1) is 0 Å². The molecule has 24 heavy (non-hydrogen) atoms. The molecule has 11 heteroatoms. The number of halogens is 2. The lowest BCUT2D eigenvalue weighted by atomic mass is 10.2. The number of sulfonamides is 2. The van der Waals surface area contributed by atoms with Crippen molar-refractivity contribution in [3.8, 4) is 0 Å². The van der Waals surface area contributed by atoms with Gasteiger partial charge < -0.3 is 5.32 Å². The predicted molar refractivity (Wildman–Crippen MR) is 96.0 cm³/mol. The Morgan fingerprint density at radius 1 is 0.917 bits per heavy atom. The number of hydrogen-bond donors (Lipinski definition) is 3. The zero-order valence-electron chi connectivity index (χ0n) is 12.2. The lowest BCUT2D eigenvalue weighted by Gasteiger charge is -2.15. The number of nitrogens with one attached hydrogen (secondary N) is 2. The normalized spacial score (nSPS) is 12.0. The van der Waals surface area contributed by atoms with Gasteiger partial charge in [-0.15, -0.1) is 0 Å². The SMILES string of the molecule is CS(=O)(=O)Nc1ccc(S(N)(=O)=O)cc1Nc1ccc(Cl)cc1Cl. The van der Waals surface area contributed by atoms with Crippen LogP contribution < -0.4 is 15.2 Å². The van der Waals surface area contributed by atoms with Gasteiger partial charge in [-0.05, 0) is 36.4 Å². The first-order valence-corrected chi connectivity index (χ1v) is 10.5. The lowest BCUT2D eigenvalue weighted by Crippen LogP contribution is -2.14. The van der Waals surface area contributed by atoms with E-state index in [4.69, 9.17) is 28.3 Å². The maximum atomic E-state index is 11.5. The van der Waals surface area contributed by atoms with Crippen molar-refractivity contribution >= 4 is 60.3 Å². The van der Waals surface area contributed by atoms with Crippen molar-refractivity contribution in [1.82, 2.24) is 0 Å². The summed E-state index contributed by atoms with van der Waals surface area (Å²) in [6.07, 6.45) is 0.972. The molecule has 2 aromatic carbocycles. The maximum Gasteiger partial charge on any atom is 0.238 e. The molecule has 0 unspecified atom stereocenters. The summed E-state index contributed by atoms with van der Waals surface area (Å²) < 4.78 is 48.3. The molecule has 4 N–H and O–H groups in total. The number of anilines is 3. The van der Waals surface area contributed by atoms with Crippen molar-refractivity contribution in [2.24, 2.45) is 5.14 Å². The second kappa shape index (κ2) is 6.77. The summed E-state index contributed by atoms with van der Waals surface area (Å²) in [5, 5.41) is 8.66. The van der Waals surface area contributed by atoms with E-state index < -0.39 is 20.0 Å². The highest BCUT2D eigenvalue weighted by Gasteiger charge is 2.15. The number of primary sulfonamides is 1. The van der Waals surface area contributed by atoms with E-state index in [0.29, 0.717) is 10.7 Å². The fraction of sp³-hybridized carbons (Fsp3) is 0.0769. The summed E-state index contributed by atoms with van der Waals surface area (Å²) in [7, 11) is -7.55. The molecule has 0 saturated heterocycles. The molecular formula is C13H13Cl2N3O4S2. The molecule has 0 bridgehead atoms. The molecule has 0 aliphatic heterocycles. The molecule has 2 rings (SSSR count). The first-order chi connectivity index (χ1) is 11.0. The summed E-state index contributed by atoms with van der Waals surface area (Å²) in [5.74, 6) is 0. The van der Waals surface area contributed by atoms with E-state index in [1.54, 1.807) is 12.1 Å². The van der Waals surface area contributed by atoms with Gasteiger partial charge in [0.1, 0.15) is 0 Å². The average molecular weight is 410 g/mol. The minimum atomic E-state index is -3.97. The van der Waals surface area contributed by atoms with Crippen molar-refractivity contribution in [1.29, 1.82) is 0 Å². The standard InChI is InChI=1S/C13H13Cl2N3O4S2/c1-23(19,20)18-12-5-3-9(24(16,21)22)7-13(12)17-11-4-2-8(14)6-10(11)15/h2-7,17-18H,1H3,(H2,16,21,22). The molecule has 0 radical (unpaired) electrons. The quantitative estimate of drug-likeness (QED) is 0.701. The molecule has 0 aliphatic carbocycles. The van der Waals surface area contributed by atoms with Crippen LogP contribution in [0.2, 0.25) is 10.0 Å². The molecule has 7 nitrogen and oxygen atoms in total. The van der Waals surface area contributed by atoms with E-state index in [9.17, 15) is 16.8 Å². The van der Waals surface area contributed by atoms with E-state index in [2.05, 4.69) is 10.0 Å². The molecular weight excluding hydrogens is 397 g/mol. The molecule has 0 atom stereocenters. The van der Waals surface area contributed by atoms with Gasteiger partial charge in [0.05, 0.1) is 33.2 Å². The van der Waals surface area contributed by atoms with Crippen LogP contribution in [0.4, 0.5) is 17.1 Å². The Kier molecular flexibility index (Phi) is 5.31. The Labute approximate surface area is 149 Å². The van der Waals surface area contributed by atoms with Crippen LogP contribution in [0.25, 0.3) is 0 Å². The van der Waals surface area contributed by atoms with Gasteiger partial charge >= 0.3 is 0 Å². The fourth-order valence-electron chi connectivity index (χ4n) is 1.83. The summed E-state index contributed by atoms with van der Waals surface area (Å²) in [6, 6.07) is 8.30. The van der Waals surface area contributed by atoms with E-state index in [1.165, 1.54) is 24.3 Å². The predicted octanol–water partition coefficient (Wildman–Crippen LogP) is 2.76. The van der Waals surface area contributed by atoms with Crippen LogP contribution in [-0.2, 0) is 20.0 Å². The Bertz CT molecular complexity index is 992. The Hall–Kier alpha value is -1.52. The summed E-state index contributed by atoms with van der Waals surface area (Å²) >= 11 is 11.9. The van der Waals surface area contributed by atoms with Gasteiger partial charge in [0, 0.05) is 5.02 Å². The van der Waals surface area contributed by atoms with Crippen LogP contribution in [0.1, 0.15) is 0 Å². The minimum Gasteiger partial charge on any atom is -0.353 e. The summed E-state index contributed by atoms with van der Waals surface area (Å²) in [6.45, 7) is 0. The van der Waals surface area contributed by atoms with Crippen LogP contribution >= 0.6 is 23.2 Å². The highest BCUT2D eigenvalue weighted by atomic mass is 35.5. The van der Waals surface area contributed by atoms with Gasteiger partial charge in [0.2, 0.25) is 20.0 Å². The minimum absolute atomic E-state index is 0.135. The zero-order valence-corrected chi connectivity index (χ0v) is 15.4. The number of hydrogen-bond acceptors (Lipinski definition) is 5. The van der Waals surface area contributed by atoms with Crippen molar-refractivity contribution in [3.63, 3.8) is 0 Å². The van der Waals surface area contributed by atoms with E-state index in [0.717, 1.165) is 6.26 Å². The van der Waals surface area contributed by atoms with Crippen molar-refractivity contribution in [3.05, 3.63) is 46.4 Å². The number of benzene rings is 2. The summed E-state index contributed by atoms with van der Waals surface area (Å²) in [4.78, 5) is -0.186. The average Bonchev–Trinajstić information content (AvgIpc) is 2.40. The third-order valence-electron chi connectivity index (χ3n) is 2.82. The molecule has 130 valence electrons. The first kappa shape index (κ1) is 18.8. The highest BCUT2D eigenvalue weighted by molar-refractivity contribution is 7.92. The first-order valence-electron chi connectivity index (χ1n) is 6.32. The van der Waals surface area contributed by atoms with Gasteiger partial charge in [-0.25, -0.2) is 22.0 Å². The number of rotatable bonds is 5. The monoisotopic (exact) mass is 409 g/mol. The van der Waals surface area contributed by atoms with Gasteiger partial charge in [-0.1, -0.05) is 23.2 Å². The van der Waals surface area contributed by atoms with Crippen molar-refractivity contribution in [2.75, 3.05) is 16.3 Å². The molecule has 0 fully saturated rings. The van der Waals surface area contributed by atoms with Crippen molar-refractivity contribution in [2.45, 2.75) is 4.90 Å². The van der Waals surface area contributed by atoms with Gasteiger partial charge in [0.25, 0.3) is 0 Å². The van der Waals surface area contributed by atoms with Crippen molar-refractivity contribution < 1.29 is 16.8 Å². The van der Waals surface area contributed by atoms with Gasteiger partial charge in [-0.3, -0.25) is 4.72 Å². The fourth-order valence-corrected chi connectivity index (χ4v) is 3.40. The molecule has 0 heterocycles. The van der Waals surface area contributed by atoms with Crippen LogP contribution in [0.3, 0.4) is 0 Å². The Morgan fingerprint density at radius 3 is 2.08 bits per heavy atom. The highest BCUT2D eigenvalue weighted by Crippen LogP contribution is 2.33. The molecule has 0 saturated carbocycles. The molecule has 2 aromatic rings. The maximum absolute atomic E-state index is 11.5.